The molecule has 30 heavy (non-hydrogen) atoms. The van der Waals surface area contributed by atoms with Crippen LogP contribution in [-0.2, 0) is 11.8 Å². The number of fused-ring (bicyclic) bond motifs is 3. The van der Waals surface area contributed by atoms with Crippen LogP contribution >= 0.6 is 11.8 Å². The van der Waals surface area contributed by atoms with E-state index < -0.39 is 12.5 Å². The number of aromatic nitrogens is 4. The first-order valence-electron chi connectivity index (χ1n) is 8.75. The van der Waals surface area contributed by atoms with Gasteiger partial charge in [-0.2, -0.15) is 8.78 Å². The molecule has 0 unspecified atom stereocenters. The normalized spacial score (nSPS) is 11.3. The Morgan fingerprint density at radius 2 is 1.90 bits per heavy atom. The van der Waals surface area contributed by atoms with Gasteiger partial charge in [0.2, 0.25) is 11.7 Å². The zero-order chi connectivity index (χ0) is 21.3. The smallest absolute Gasteiger partial charge is 0.387 e. The van der Waals surface area contributed by atoms with Crippen LogP contribution in [0.15, 0.2) is 58.5 Å². The third-order valence-electron chi connectivity index (χ3n) is 4.31. The lowest BCUT2D eigenvalue weighted by molar-refractivity contribution is -0.113. The summed E-state index contributed by atoms with van der Waals surface area (Å²) in [7, 11) is 1.60. The van der Waals surface area contributed by atoms with Gasteiger partial charge in [-0.25, -0.2) is 0 Å². The molecule has 0 atom stereocenters. The Kier molecular flexibility index (Phi) is 5.36. The van der Waals surface area contributed by atoms with E-state index in [4.69, 9.17) is 0 Å². The van der Waals surface area contributed by atoms with Gasteiger partial charge in [0, 0.05) is 7.05 Å². The van der Waals surface area contributed by atoms with E-state index >= 15 is 0 Å². The summed E-state index contributed by atoms with van der Waals surface area (Å²) in [6.07, 6.45) is 0. The minimum absolute atomic E-state index is 0.0546. The van der Waals surface area contributed by atoms with Crippen molar-refractivity contribution in [3.63, 3.8) is 0 Å². The van der Waals surface area contributed by atoms with Crippen molar-refractivity contribution in [2.45, 2.75) is 11.8 Å². The summed E-state index contributed by atoms with van der Waals surface area (Å²) in [5.74, 6) is -0.269. The number of carbonyl (C=O) groups excluding carboxylic acids is 1. The fourth-order valence-electron chi connectivity index (χ4n) is 2.99. The number of hydrogen-bond donors (Lipinski definition) is 1. The largest absolute Gasteiger partial charge is 0.433 e. The van der Waals surface area contributed by atoms with Gasteiger partial charge in [0.05, 0.1) is 22.3 Å². The van der Waals surface area contributed by atoms with Gasteiger partial charge in [-0.3, -0.25) is 18.6 Å². The lowest BCUT2D eigenvalue weighted by Gasteiger charge is -2.11. The average molecular weight is 431 g/mol. The number of halogens is 2. The van der Waals surface area contributed by atoms with Crippen molar-refractivity contribution < 1.29 is 18.3 Å². The lowest BCUT2D eigenvalue weighted by atomic mass is 10.2. The first kappa shape index (κ1) is 19.8. The van der Waals surface area contributed by atoms with Crippen LogP contribution in [-0.4, -0.2) is 37.4 Å². The number of nitrogens with zero attached hydrogens (tertiary/aromatic N) is 4. The molecular formula is C19H15F2N5O3S. The summed E-state index contributed by atoms with van der Waals surface area (Å²) < 4.78 is 32.6. The van der Waals surface area contributed by atoms with E-state index in [1.54, 1.807) is 41.8 Å². The number of thioether (sulfide) groups is 1. The van der Waals surface area contributed by atoms with Crippen molar-refractivity contribution in [1.29, 1.82) is 0 Å². The van der Waals surface area contributed by atoms with Crippen LogP contribution in [0.2, 0.25) is 0 Å². The lowest BCUT2D eigenvalue weighted by Crippen LogP contribution is -2.20. The number of nitrogens with one attached hydrogen (secondary N) is 1. The van der Waals surface area contributed by atoms with Crippen molar-refractivity contribution in [1.82, 2.24) is 19.2 Å². The maximum absolute atomic E-state index is 12.5. The Morgan fingerprint density at radius 1 is 1.17 bits per heavy atom. The maximum atomic E-state index is 12.5. The van der Waals surface area contributed by atoms with E-state index in [9.17, 15) is 18.4 Å². The maximum Gasteiger partial charge on any atom is 0.387 e. The zero-order valence-electron chi connectivity index (χ0n) is 15.6. The van der Waals surface area contributed by atoms with Crippen LogP contribution in [0.1, 0.15) is 0 Å². The molecule has 2 aromatic heterocycles. The van der Waals surface area contributed by atoms with Gasteiger partial charge in [-0.1, -0.05) is 36.0 Å². The fourth-order valence-corrected chi connectivity index (χ4v) is 3.73. The van der Waals surface area contributed by atoms with Crippen molar-refractivity contribution in [3.05, 3.63) is 58.9 Å². The molecule has 1 amide bonds. The van der Waals surface area contributed by atoms with E-state index in [-0.39, 0.29) is 22.7 Å². The number of anilines is 1. The van der Waals surface area contributed by atoms with Gasteiger partial charge < -0.3 is 10.1 Å². The van der Waals surface area contributed by atoms with E-state index in [2.05, 4.69) is 20.3 Å². The Morgan fingerprint density at radius 3 is 2.70 bits per heavy atom. The molecule has 0 bridgehead atoms. The SMILES string of the molecule is Cn1c(=O)c2ccccc2n2c(SCC(=O)Nc3ccccc3OC(F)F)nnc12. The van der Waals surface area contributed by atoms with Crippen molar-refractivity contribution >= 4 is 40.0 Å². The Balaban J connectivity index is 1.58. The second-order valence-corrected chi connectivity index (χ2v) is 7.15. The minimum atomic E-state index is -3.00. The molecule has 154 valence electrons. The Bertz CT molecular complexity index is 1300. The molecule has 2 aromatic carbocycles. The molecule has 0 aliphatic carbocycles. The first-order valence-corrected chi connectivity index (χ1v) is 9.73. The van der Waals surface area contributed by atoms with Crippen LogP contribution in [0.3, 0.4) is 0 Å². The first-order chi connectivity index (χ1) is 14.5. The number of hydrogen-bond acceptors (Lipinski definition) is 6. The van der Waals surface area contributed by atoms with Crippen molar-refractivity contribution in [2.75, 3.05) is 11.1 Å². The van der Waals surface area contributed by atoms with E-state index in [1.165, 1.54) is 22.8 Å². The predicted octanol–water partition coefficient (Wildman–Crippen LogP) is 2.91. The second-order valence-electron chi connectivity index (χ2n) is 6.21. The van der Waals surface area contributed by atoms with Crippen LogP contribution < -0.4 is 15.6 Å². The second kappa shape index (κ2) is 8.11. The number of amides is 1. The topological polar surface area (TPSA) is 90.5 Å². The summed E-state index contributed by atoms with van der Waals surface area (Å²) in [5, 5.41) is 11.6. The van der Waals surface area contributed by atoms with Crippen LogP contribution in [0.5, 0.6) is 5.75 Å². The van der Waals surface area contributed by atoms with E-state index in [0.29, 0.717) is 21.8 Å². The molecule has 11 heteroatoms. The van der Waals surface area contributed by atoms with Gasteiger partial charge in [-0.15, -0.1) is 10.2 Å². The number of ether oxygens (including phenoxy) is 1. The number of rotatable bonds is 6. The van der Waals surface area contributed by atoms with Gasteiger partial charge in [0.1, 0.15) is 5.75 Å². The average Bonchev–Trinajstić information content (AvgIpc) is 3.16. The molecule has 4 rings (SSSR count). The summed E-state index contributed by atoms with van der Waals surface area (Å²) >= 11 is 1.11. The summed E-state index contributed by atoms with van der Waals surface area (Å²) in [4.78, 5) is 24.9. The third-order valence-corrected chi connectivity index (χ3v) is 5.23. The molecule has 0 spiro atoms. The van der Waals surface area contributed by atoms with Crippen molar-refractivity contribution in [3.8, 4) is 5.75 Å². The van der Waals surface area contributed by atoms with Crippen LogP contribution in [0, 0.1) is 0 Å². The van der Waals surface area contributed by atoms with Gasteiger partial charge in [-0.05, 0) is 24.3 Å². The van der Waals surface area contributed by atoms with Crippen LogP contribution in [0.4, 0.5) is 14.5 Å². The molecule has 0 aliphatic rings. The van der Waals surface area contributed by atoms with E-state index in [0.717, 1.165) is 11.8 Å². The molecule has 2 heterocycles. The number of alkyl halides is 2. The molecule has 0 saturated carbocycles. The molecule has 1 N–H and O–H groups in total. The highest BCUT2D eigenvalue weighted by molar-refractivity contribution is 7.99. The highest BCUT2D eigenvalue weighted by Gasteiger charge is 2.17. The van der Waals surface area contributed by atoms with E-state index in [1.807, 2.05) is 0 Å². The molecule has 4 aromatic rings. The fraction of sp³-hybridized carbons (Fsp3) is 0.158. The predicted molar refractivity (Wildman–Crippen MR) is 108 cm³/mol. The number of carbonyl (C=O) groups is 1. The Hall–Kier alpha value is -3.47. The number of para-hydroxylation sites is 3. The zero-order valence-corrected chi connectivity index (χ0v) is 16.4. The highest BCUT2D eigenvalue weighted by Crippen LogP contribution is 2.26. The molecule has 0 saturated heterocycles. The van der Waals surface area contributed by atoms with Gasteiger partial charge in [0.25, 0.3) is 5.56 Å². The quantitative estimate of drug-likeness (QED) is 0.472. The number of benzene rings is 2. The molecule has 0 fully saturated rings. The molecule has 8 nitrogen and oxygen atoms in total. The molecule has 0 aliphatic heterocycles. The summed E-state index contributed by atoms with van der Waals surface area (Å²) in [5.41, 5.74) is 0.567. The van der Waals surface area contributed by atoms with Gasteiger partial charge in [0.15, 0.2) is 5.16 Å². The third kappa shape index (κ3) is 3.71. The summed E-state index contributed by atoms with van der Waals surface area (Å²) in [6.45, 7) is -3.00. The molecular weight excluding hydrogens is 416 g/mol. The monoisotopic (exact) mass is 431 g/mol. The number of aryl methyl sites for hydroxylation is 1. The van der Waals surface area contributed by atoms with Crippen molar-refractivity contribution in [2.24, 2.45) is 7.05 Å². The molecule has 0 radical (unpaired) electrons. The van der Waals surface area contributed by atoms with Crippen LogP contribution in [0.25, 0.3) is 16.7 Å². The van der Waals surface area contributed by atoms with Gasteiger partial charge >= 0.3 is 6.61 Å². The summed E-state index contributed by atoms with van der Waals surface area (Å²) in [6, 6.07) is 13.0. The Labute approximate surface area is 172 Å². The standard InChI is InChI=1S/C19H15F2N5O3S/c1-25-16(28)11-6-2-4-8-13(11)26-18(25)23-24-19(26)30-10-15(27)22-12-7-3-5-9-14(12)29-17(20)21/h2-9,17H,10H2,1H3,(H,22,27). The highest BCUT2D eigenvalue weighted by atomic mass is 32.2. The minimum Gasteiger partial charge on any atom is -0.433 e.